The summed E-state index contributed by atoms with van der Waals surface area (Å²) in [5.74, 6) is -0.793. The Labute approximate surface area is 159 Å². The first-order chi connectivity index (χ1) is 12.8. The molecule has 0 spiro atoms. The highest BCUT2D eigenvalue weighted by molar-refractivity contribution is 5.79. The van der Waals surface area contributed by atoms with Gasteiger partial charge >= 0.3 is 12.1 Å². The molecule has 0 saturated carbocycles. The van der Waals surface area contributed by atoms with Gasteiger partial charge in [-0.15, -0.1) is 0 Å². The first-order valence-corrected chi connectivity index (χ1v) is 9.12. The average Bonchev–Trinajstić information content (AvgIpc) is 2.91. The number of hydrogen-bond acceptors (Lipinski definition) is 4. The zero-order chi connectivity index (χ0) is 19.4. The zero-order valence-corrected chi connectivity index (χ0v) is 15.8. The third kappa shape index (κ3) is 4.88. The Hall–Kier alpha value is -2.82. The number of carbonyl (C=O) groups is 2. The van der Waals surface area contributed by atoms with E-state index in [1.807, 2.05) is 60.7 Å². The fourth-order valence-corrected chi connectivity index (χ4v) is 3.26. The van der Waals surface area contributed by atoms with Crippen LogP contribution in [-0.2, 0) is 20.7 Å². The maximum Gasteiger partial charge on any atom is 0.408 e. The van der Waals surface area contributed by atoms with Gasteiger partial charge in [0.2, 0.25) is 0 Å². The summed E-state index contributed by atoms with van der Waals surface area (Å²) >= 11 is 0. The van der Waals surface area contributed by atoms with Crippen LogP contribution in [0.4, 0.5) is 4.79 Å². The number of rotatable bonds is 4. The number of esters is 1. The van der Waals surface area contributed by atoms with Gasteiger partial charge < -0.3 is 14.8 Å². The Morgan fingerprint density at radius 1 is 1.04 bits per heavy atom. The molecule has 0 aromatic heterocycles. The monoisotopic (exact) mass is 367 g/mol. The molecule has 142 valence electrons. The molecule has 27 heavy (non-hydrogen) atoms. The summed E-state index contributed by atoms with van der Waals surface area (Å²) < 4.78 is 11.1. The van der Waals surface area contributed by atoms with E-state index in [0.29, 0.717) is 6.42 Å². The van der Waals surface area contributed by atoms with E-state index in [9.17, 15) is 9.59 Å². The highest BCUT2D eigenvalue weighted by Crippen LogP contribution is 2.36. The van der Waals surface area contributed by atoms with E-state index in [4.69, 9.17) is 9.47 Å². The minimum Gasteiger partial charge on any atom is -0.455 e. The van der Waals surface area contributed by atoms with Crippen molar-refractivity contribution in [2.24, 2.45) is 5.92 Å². The van der Waals surface area contributed by atoms with Crippen LogP contribution in [0.1, 0.15) is 38.0 Å². The Bertz CT molecular complexity index is 783. The Kier molecular flexibility index (Phi) is 5.49. The van der Waals surface area contributed by atoms with Gasteiger partial charge in [0.05, 0.1) is 12.0 Å². The molecule has 2 aromatic rings. The fourth-order valence-electron chi connectivity index (χ4n) is 3.26. The van der Waals surface area contributed by atoms with Crippen LogP contribution in [0.3, 0.4) is 0 Å². The molecular formula is C22H25NO4. The summed E-state index contributed by atoms with van der Waals surface area (Å²) in [5.41, 5.74) is 1.25. The number of ether oxygens (including phenoxy) is 2. The van der Waals surface area contributed by atoms with Crippen molar-refractivity contribution in [1.29, 1.82) is 0 Å². The van der Waals surface area contributed by atoms with Gasteiger partial charge in [-0.25, -0.2) is 4.79 Å². The number of cyclic esters (lactones) is 1. The molecular weight excluding hydrogens is 342 g/mol. The standard InChI is InChI=1S/C22H25NO4/c1-22(2,3)27-21(25)23-18-17(14-15-10-6-4-7-11-15)20(24)26-19(18)16-12-8-5-9-13-16/h4-13,17-19H,14H2,1-3H3,(H,23,25)/t17-,18-,19+/m0/s1. The zero-order valence-electron chi connectivity index (χ0n) is 15.8. The fraction of sp³-hybridized carbons (Fsp3) is 0.364. The number of carbonyl (C=O) groups excluding carboxylic acids is 2. The predicted molar refractivity (Wildman–Crippen MR) is 102 cm³/mol. The van der Waals surface area contributed by atoms with Crippen molar-refractivity contribution in [1.82, 2.24) is 5.32 Å². The molecule has 1 heterocycles. The van der Waals surface area contributed by atoms with E-state index in [1.165, 1.54) is 0 Å². The van der Waals surface area contributed by atoms with Crippen molar-refractivity contribution in [3.63, 3.8) is 0 Å². The SMILES string of the molecule is CC(C)(C)OC(=O)N[C@H]1[C@H](Cc2ccccc2)C(=O)O[C@@H]1c1ccccc1. The van der Waals surface area contributed by atoms with Crippen LogP contribution in [0.15, 0.2) is 60.7 Å². The van der Waals surface area contributed by atoms with Gasteiger partial charge in [0.15, 0.2) is 0 Å². The van der Waals surface area contributed by atoms with Gasteiger partial charge in [-0.3, -0.25) is 4.79 Å². The molecule has 5 nitrogen and oxygen atoms in total. The van der Waals surface area contributed by atoms with Gasteiger partial charge in [0.1, 0.15) is 11.7 Å². The minimum atomic E-state index is -0.620. The van der Waals surface area contributed by atoms with Crippen LogP contribution in [0.5, 0.6) is 0 Å². The maximum absolute atomic E-state index is 12.6. The predicted octanol–water partition coefficient (Wildman–Crippen LogP) is 4.04. The van der Waals surface area contributed by atoms with E-state index in [0.717, 1.165) is 11.1 Å². The lowest BCUT2D eigenvalue weighted by molar-refractivity contribution is -0.144. The Balaban J connectivity index is 1.86. The molecule has 2 aromatic carbocycles. The summed E-state index contributed by atoms with van der Waals surface area (Å²) in [5, 5.41) is 2.88. The second-order valence-electron chi connectivity index (χ2n) is 7.74. The van der Waals surface area contributed by atoms with Gasteiger partial charge in [-0.1, -0.05) is 60.7 Å². The second kappa shape index (κ2) is 7.82. The van der Waals surface area contributed by atoms with Crippen molar-refractivity contribution in [2.45, 2.75) is 44.9 Å². The van der Waals surface area contributed by atoms with E-state index in [1.54, 1.807) is 20.8 Å². The minimum absolute atomic E-state index is 0.311. The number of benzene rings is 2. The molecule has 3 atom stereocenters. The summed E-state index contributed by atoms with van der Waals surface area (Å²) in [6, 6.07) is 18.7. The van der Waals surface area contributed by atoms with E-state index < -0.39 is 29.8 Å². The summed E-state index contributed by atoms with van der Waals surface area (Å²) in [7, 11) is 0. The first-order valence-electron chi connectivity index (χ1n) is 9.12. The molecule has 0 radical (unpaired) electrons. The third-order valence-electron chi connectivity index (χ3n) is 4.42. The number of nitrogens with one attached hydrogen (secondary N) is 1. The van der Waals surface area contributed by atoms with Gasteiger partial charge in [-0.2, -0.15) is 0 Å². The second-order valence-corrected chi connectivity index (χ2v) is 7.74. The molecule has 0 unspecified atom stereocenters. The lowest BCUT2D eigenvalue weighted by Gasteiger charge is -2.25. The number of amides is 1. The van der Waals surface area contributed by atoms with E-state index in [-0.39, 0.29) is 5.97 Å². The summed E-state index contributed by atoms with van der Waals surface area (Å²) in [4.78, 5) is 25.0. The quantitative estimate of drug-likeness (QED) is 0.829. The highest BCUT2D eigenvalue weighted by Gasteiger charge is 2.46. The molecule has 1 saturated heterocycles. The van der Waals surface area contributed by atoms with Crippen molar-refractivity contribution in [3.8, 4) is 0 Å². The summed E-state index contributed by atoms with van der Waals surface area (Å²) in [6.45, 7) is 5.41. The van der Waals surface area contributed by atoms with Crippen LogP contribution in [0.2, 0.25) is 0 Å². The topological polar surface area (TPSA) is 64.6 Å². The molecule has 0 bridgehead atoms. The largest absolute Gasteiger partial charge is 0.455 e. The van der Waals surface area contributed by atoms with Crippen LogP contribution in [-0.4, -0.2) is 23.7 Å². The number of hydrogen-bond donors (Lipinski definition) is 1. The molecule has 3 rings (SSSR count). The van der Waals surface area contributed by atoms with Crippen molar-refractivity contribution < 1.29 is 19.1 Å². The smallest absolute Gasteiger partial charge is 0.408 e. The summed E-state index contributed by atoms with van der Waals surface area (Å²) in [6.07, 6.45) is -0.603. The number of alkyl carbamates (subject to hydrolysis) is 1. The lowest BCUT2D eigenvalue weighted by atomic mass is 9.89. The lowest BCUT2D eigenvalue weighted by Crippen LogP contribution is -2.44. The molecule has 1 amide bonds. The molecule has 1 aliphatic rings. The average molecular weight is 367 g/mol. The molecule has 1 fully saturated rings. The Morgan fingerprint density at radius 3 is 2.22 bits per heavy atom. The van der Waals surface area contributed by atoms with Crippen LogP contribution >= 0.6 is 0 Å². The molecule has 1 N–H and O–H groups in total. The van der Waals surface area contributed by atoms with Gasteiger partial charge in [0.25, 0.3) is 0 Å². The van der Waals surface area contributed by atoms with Crippen LogP contribution in [0.25, 0.3) is 0 Å². The van der Waals surface area contributed by atoms with Gasteiger partial charge in [-0.05, 0) is 38.3 Å². The maximum atomic E-state index is 12.6. The molecule has 5 heteroatoms. The van der Waals surface area contributed by atoms with Crippen LogP contribution < -0.4 is 5.32 Å². The van der Waals surface area contributed by atoms with Crippen molar-refractivity contribution in [2.75, 3.05) is 0 Å². The Morgan fingerprint density at radius 2 is 1.63 bits per heavy atom. The van der Waals surface area contributed by atoms with Crippen molar-refractivity contribution in [3.05, 3.63) is 71.8 Å². The van der Waals surface area contributed by atoms with E-state index in [2.05, 4.69) is 5.32 Å². The van der Waals surface area contributed by atoms with Crippen molar-refractivity contribution >= 4 is 12.1 Å². The van der Waals surface area contributed by atoms with Gasteiger partial charge in [0, 0.05) is 0 Å². The van der Waals surface area contributed by atoms with E-state index >= 15 is 0 Å². The normalized spacial score (nSPS) is 22.2. The molecule has 1 aliphatic heterocycles. The highest BCUT2D eigenvalue weighted by atomic mass is 16.6. The van der Waals surface area contributed by atoms with Crippen LogP contribution in [0, 0.1) is 5.92 Å². The first kappa shape index (κ1) is 19.0. The molecule has 0 aliphatic carbocycles. The third-order valence-corrected chi connectivity index (χ3v) is 4.42.